The normalized spacial score (nSPS) is 21.0. The van der Waals surface area contributed by atoms with E-state index in [4.69, 9.17) is 5.73 Å². The second-order valence-corrected chi connectivity index (χ2v) is 5.11. The second kappa shape index (κ2) is 6.46. The predicted octanol–water partition coefficient (Wildman–Crippen LogP) is 2.71. The van der Waals surface area contributed by atoms with Crippen molar-refractivity contribution in [3.63, 3.8) is 0 Å². The van der Waals surface area contributed by atoms with Crippen LogP contribution in [-0.4, -0.2) is 29.5 Å². The van der Waals surface area contributed by atoms with Crippen molar-refractivity contribution in [3.8, 4) is 0 Å². The van der Waals surface area contributed by atoms with Crippen molar-refractivity contribution < 1.29 is 0 Å². The van der Waals surface area contributed by atoms with Crippen LogP contribution in [0.1, 0.15) is 26.2 Å². The van der Waals surface area contributed by atoms with Gasteiger partial charge >= 0.3 is 0 Å². The molecule has 0 aromatic carbocycles. The number of hydrogen-bond acceptors (Lipinski definition) is 4. The minimum atomic E-state index is 0.321. The van der Waals surface area contributed by atoms with E-state index in [1.165, 1.54) is 5.70 Å². The van der Waals surface area contributed by atoms with Gasteiger partial charge in [-0.3, -0.25) is 4.98 Å². The molecule has 2 N–H and O–H groups in total. The van der Waals surface area contributed by atoms with E-state index in [9.17, 15) is 0 Å². The van der Waals surface area contributed by atoms with Gasteiger partial charge in [0.05, 0.1) is 6.04 Å². The van der Waals surface area contributed by atoms with Gasteiger partial charge in [0.15, 0.2) is 0 Å². The Kier molecular flexibility index (Phi) is 4.66. The number of aromatic nitrogens is 1. The van der Waals surface area contributed by atoms with Gasteiger partial charge in [-0.25, -0.2) is 0 Å². The molecule has 1 aromatic heterocycles. The Bertz CT molecular complexity index is 481. The summed E-state index contributed by atoms with van der Waals surface area (Å²) in [5, 5.41) is 0. The smallest absolute Gasteiger partial charge is 0.0685 e. The molecule has 0 bridgehead atoms. The Morgan fingerprint density at radius 1 is 1.55 bits per heavy atom. The molecule has 2 heterocycles. The Balaban J connectivity index is 2.19. The van der Waals surface area contributed by atoms with Gasteiger partial charge in [0, 0.05) is 49.3 Å². The van der Waals surface area contributed by atoms with Gasteiger partial charge in [-0.15, -0.1) is 0 Å². The number of hydrogen-bond donors (Lipinski definition) is 1. The van der Waals surface area contributed by atoms with Crippen molar-refractivity contribution in [2.75, 3.05) is 18.5 Å². The molecule has 0 aliphatic carbocycles. The number of anilines is 1. The van der Waals surface area contributed by atoms with Gasteiger partial charge in [0.2, 0.25) is 0 Å². The van der Waals surface area contributed by atoms with Crippen molar-refractivity contribution in [3.05, 3.63) is 48.7 Å². The summed E-state index contributed by atoms with van der Waals surface area (Å²) >= 11 is 0. The lowest BCUT2D eigenvalue weighted by Crippen LogP contribution is -2.43. The lowest BCUT2D eigenvalue weighted by molar-refractivity contribution is 0.233. The third-order valence-electron chi connectivity index (χ3n) is 4.05. The molecule has 20 heavy (non-hydrogen) atoms. The lowest BCUT2D eigenvalue weighted by atomic mass is 9.96. The second-order valence-electron chi connectivity index (χ2n) is 5.11. The first kappa shape index (κ1) is 14.4. The summed E-state index contributed by atoms with van der Waals surface area (Å²) in [7, 11) is 2.06. The molecule has 0 amide bonds. The number of pyridine rings is 1. The van der Waals surface area contributed by atoms with E-state index in [2.05, 4.69) is 35.3 Å². The highest BCUT2D eigenvalue weighted by Gasteiger charge is 2.28. The van der Waals surface area contributed by atoms with E-state index < -0.39 is 0 Å². The average molecular weight is 272 g/mol. The Morgan fingerprint density at radius 3 is 2.85 bits per heavy atom. The topological polar surface area (TPSA) is 45.4 Å². The van der Waals surface area contributed by atoms with Crippen molar-refractivity contribution in [2.45, 2.75) is 32.2 Å². The zero-order valence-electron chi connectivity index (χ0n) is 12.4. The molecule has 1 unspecified atom stereocenters. The zero-order chi connectivity index (χ0) is 14.5. The zero-order valence-corrected chi connectivity index (χ0v) is 12.4. The van der Waals surface area contributed by atoms with Gasteiger partial charge in [0.1, 0.15) is 0 Å². The van der Waals surface area contributed by atoms with E-state index in [0.29, 0.717) is 6.04 Å². The molecule has 1 saturated heterocycles. The first-order valence-electron chi connectivity index (χ1n) is 7.19. The first-order chi connectivity index (χ1) is 9.69. The summed E-state index contributed by atoms with van der Waals surface area (Å²) in [4.78, 5) is 8.58. The van der Waals surface area contributed by atoms with E-state index >= 15 is 0 Å². The third kappa shape index (κ3) is 2.79. The highest BCUT2D eigenvalue weighted by atomic mass is 15.2. The number of likely N-dealkylation sites (N-methyl/N-ethyl adjacent to an activating group) is 2. The molecule has 1 aliphatic heterocycles. The van der Waals surface area contributed by atoms with Crippen LogP contribution >= 0.6 is 0 Å². The fraction of sp³-hybridized carbons (Fsp3) is 0.438. The van der Waals surface area contributed by atoms with E-state index in [1.54, 1.807) is 6.20 Å². The molecular formula is C16H24N4. The molecule has 108 valence electrons. The quantitative estimate of drug-likeness (QED) is 0.915. The fourth-order valence-corrected chi connectivity index (χ4v) is 2.88. The van der Waals surface area contributed by atoms with Crippen LogP contribution in [0.3, 0.4) is 0 Å². The summed E-state index contributed by atoms with van der Waals surface area (Å²) in [6, 6.07) is 4.33. The minimum Gasteiger partial charge on any atom is -0.403 e. The van der Waals surface area contributed by atoms with Crippen LogP contribution in [0.5, 0.6) is 0 Å². The molecule has 0 radical (unpaired) electrons. The molecule has 4 nitrogen and oxygen atoms in total. The maximum atomic E-state index is 5.76. The van der Waals surface area contributed by atoms with Crippen LogP contribution in [0.2, 0.25) is 0 Å². The monoisotopic (exact) mass is 272 g/mol. The van der Waals surface area contributed by atoms with Gasteiger partial charge in [-0.05, 0) is 38.3 Å². The molecule has 4 heteroatoms. The Morgan fingerprint density at radius 2 is 2.25 bits per heavy atom. The number of nitrogens with zero attached hydrogens (tertiary/aromatic N) is 3. The summed E-state index contributed by atoms with van der Waals surface area (Å²) in [5.74, 6) is 0. The van der Waals surface area contributed by atoms with Crippen LogP contribution in [0.15, 0.2) is 48.7 Å². The van der Waals surface area contributed by atoms with Crippen molar-refractivity contribution >= 4 is 5.69 Å². The van der Waals surface area contributed by atoms with E-state index in [-0.39, 0.29) is 0 Å². The van der Waals surface area contributed by atoms with Crippen molar-refractivity contribution in [2.24, 2.45) is 5.73 Å². The number of nitrogens with two attached hydrogens (primary N) is 1. The Hall–Kier alpha value is -1.97. The summed E-state index contributed by atoms with van der Waals surface area (Å²) in [6.45, 7) is 7.44. The molecular weight excluding hydrogens is 248 g/mol. The van der Waals surface area contributed by atoms with Crippen LogP contribution < -0.4 is 10.6 Å². The number of likely N-dealkylation sites (tertiary alicyclic amines) is 1. The number of piperidine rings is 1. The highest BCUT2D eigenvalue weighted by Crippen LogP contribution is 2.31. The minimum absolute atomic E-state index is 0.321. The predicted molar refractivity (Wildman–Crippen MR) is 84.1 cm³/mol. The van der Waals surface area contributed by atoms with Gasteiger partial charge < -0.3 is 15.5 Å². The van der Waals surface area contributed by atoms with Crippen molar-refractivity contribution in [1.29, 1.82) is 0 Å². The molecule has 1 atom stereocenters. The van der Waals surface area contributed by atoms with Gasteiger partial charge in [-0.2, -0.15) is 0 Å². The standard InChI is InChI=1S/C16H24N4/c1-4-20-15(12-17)6-5-7-16(20)13(2)19(3)14-8-10-18-11-9-14/h8-12,16H,2,4-7,17H2,1,3H3/b15-12-. The fourth-order valence-electron chi connectivity index (χ4n) is 2.88. The first-order valence-corrected chi connectivity index (χ1v) is 7.19. The average Bonchev–Trinajstić information content (AvgIpc) is 2.53. The SMILES string of the molecule is C=C(C1CCC/C(=C/N)N1CC)N(C)c1ccncc1. The maximum absolute atomic E-state index is 5.76. The van der Waals surface area contributed by atoms with Crippen LogP contribution in [0, 0.1) is 0 Å². The van der Waals surface area contributed by atoms with E-state index in [0.717, 1.165) is 37.2 Å². The van der Waals surface area contributed by atoms with Crippen LogP contribution in [0.4, 0.5) is 5.69 Å². The van der Waals surface area contributed by atoms with Crippen LogP contribution in [0.25, 0.3) is 0 Å². The van der Waals surface area contributed by atoms with Gasteiger partial charge in [0.25, 0.3) is 0 Å². The lowest BCUT2D eigenvalue weighted by Gasteiger charge is -2.42. The number of rotatable bonds is 4. The van der Waals surface area contributed by atoms with Crippen molar-refractivity contribution in [1.82, 2.24) is 9.88 Å². The van der Waals surface area contributed by atoms with Gasteiger partial charge in [-0.1, -0.05) is 6.58 Å². The number of allylic oxidation sites excluding steroid dienone is 1. The largest absolute Gasteiger partial charge is 0.403 e. The summed E-state index contributed by atoms with van der Waals surface area (Å²) in [5.41, 5.74) is 9.22. The molecule has 0 saturated carbocycles. The third-order valence-corrected chi connectivity index (χ3v) is 4.05. The Labute approximate surface area is 121 Å². The maximum Gasteiger partial charge on any atom is 0.0685 e. The molecule has 1 aromatic rings. The highest BCUT2D eigenvalue weighted by molar-refractivity contribution is 5.50. The summed E-state index contributed by atoms with van der Waals surface area (Å²) < 4.78 is 0. The van der Waals surface area contributed by atoms with E-state index in [1.807, 2.05) is 24.5 Å². The summed E-state index contributed by atoms with van der Waals surface area (Å²) in [6.07, 6.45) is 8.71. The molecule has 1 fully saturated rings. The molecule has 2 rings (SSSR count). The van der Waals surface area contributed by atoms with Crippen LogP contribution in [-0.2, 0) is 0 Å². The molecule has 0 spiro atoms. The molecule has 1 aliphatic rings.